The fourth-order valence-electron chi connectivity index (χ4n) is 3.56. The van der Waals surface area contributed by atoms with Crippen molar-refractivity contribution in [3.8, 4) is 0 Å². The number of rotatable bonds is 9. The molecule has 0 aliphatic heterocycles. The molecule has 0 unspecified atom stereocenters. The summed E-state index contributed by atoms with van der Waals surface area (Å²) in [6.45, 7) is 9.48. The third-order valence-electron chi connectivity index (χ3n) is 5.45. The molecule has 2 aromatic heterocycles. The normalized spacial score (nSPS) is 11.2. The molecule has 0 aliphatic rings. The Hall–Kier alpha value is -3.65. The molecule has 2 heterocycles. The first-order chi connectivity index (χ1) is 15.5. The molecule has 0 atom stereocenters. The smallest absolute Gasteiger partial charge is 0.408 e. The minimum atomic E-state index is -0.471. The Bertz CT molecular complexity index is 1260. The fraction of sp³-hybridized carbons (Fsp3) is 0.292. The molecule has 0 spiro atoms. The first-order valence-electron chi connectivity index (χ1n) is 10.9. The van der Waals surface area contributed by atoms with Crippen molar-refractivity contribution < 1.29 is 4.42 Å². The van der Waals surface area contributed by atoms with Crippen molar-refractivity contribution in [1.29, 1.82) is 0 Å². The minimum Gasteiger partial charge on any atom is -0.408 e. The Balaban J connectivity index is 1.48. The Morgan fingerprint density at radius 2 is 1.88 bits per heavy atom. The SMILES string of the molecule is CCN(CC)CCc1cccc(Nc2ncc(C)c(Nc3ccc4oc(=O)[nH]c4c3)n2)c1. The van der Waals surface area contributed by atoms with Gasteiger partial charge in [-0.1, -0.05) is 26.0 Å². The van der Waals surface area contributed by atoms with E-state index < -0.39 is 5.76 Å². The molecule has 0 radical (unpaired) electrons. The standard InChI is InChI=1S/C24H28N6O2/c1-4-30(5-2)12-11-17-7-6-8-18(13-17)27-23-25-15-16(3)22(29-23)26-19-9-10-21-20(14-19)28-24(31)32-21/h6-10,13-15H,4-5,11-12H2,1-3H3,(H,28,31)(H2,25,26,27,29). The molecule has 4 aromatic rings. The highest BCUT2D eigenvalue weighted by Crippen LogP contribution is 2.23. The van der Waals surface area contributed by atoms with Gasteiger partial charge in [-0.3, -0.25) is 4.98 Å². The van der Waals surface area contributed by atoms with Gasteiger partial charge >= 0.3 is 5.76 Å². The maximum Gasteiger partial charge on any atom is 0.417 e. The summed E-state index contributed by atoms with van der Waals surface area (Å²) in [4.78, 5) is 25.5. The molecule has 3 N–H and O–H groups in total. The summed E-state index contributed by atoms with van der Waals surface area (Å²) in [5.41, 5.74) is 5.07. The lowest BCUT2D eigenvalue weighted by molar-refractivity contribution is 0.308. The number of aromatic amines is 1. The maximum atomic E-state index is 11.4. The Labute approximate surface area is 186 Å². The molecule has 0 bridgehead atoms. The largest absolute Gasteiger partial charge is 0.417 e. The lowest BCUT2D eigenvalue weighted by Crippen LogP contribution is -2.25. The summed E-state index contributed by atoms with van der Waals surface area (Å²) >= 11 is 0. The van der Waals surface area contributed by atoms with E-state index in [1.54, 1.807) is 12.3 Å². The van der Waals surface area contributed by atoms with Crippen molar-refractivity contribution in [3.63, 3.8) is 0 Å². The first kappa shape index (κ1) is 21.6. The van der Waals surface area contributed by atoms with Crippen LogP contribution in [0.25, 0.3) is 11.1 Å². The van der Waals surface area contributed by atoms with Crippen LogP contribution in [0.15, 0.2) is 57.9 Å². The van der Waals surface area contributed by atoms with Crippen molar-refractivity contribution in [2.75, 3.05) is 30.3 Å². The van der Waals surface area contributed by atoms with Crippen molar-refractivity contribution in [2.24, 2.45) is 0 Å². The number of hydrogen-bond acceptors (Lipinski definition) is 7. The number of nitrogens with one attached hydrogen (secondary N) is 3. The lowest BCUT2D eigenvalue weighted by Gasteiger charge is -2.18. The summed E-state index contributed by atoms with van der Waals surface area (Å²) in [5, 5.41) is 6.60. The molecule has 0 fully saturated rings. The monoisotopic (exact) mass is 432 g/mol. The van der Waals surface area contributed by atoms with Gasteiger partial charge in [-0.2, -0.15) is 4.98 Å². The van der Waals surface area contributed by atoms with Gasteiger partial charge < -0.3 is 20.0 Å². The molecule has 0 saturated carbocycles. The molecule has 0 aliphatic carbocycles. The van der Waals surface area contributed by atoms with Crippen LogP contribution in [0.4, 0.5) is 23.1 Å². The highest BCUT2D eigenvalue weighted by molar-refractivity contribution is 5.78. The topological polar surface area (TPSA) is 99.1 Å². The summed E-state index contributed by atoms with van der Waals surface area (Å²) < 4.78 is 5.06. The van der Waals surface area contributed by atoms with Crippen LogP contribution < -0.4 is 16.4 Å². The van der Waals surface area contributed by atoms with Gasteiger partial charge in [-0.05, 0) is 62.3 Å². The van der Waals surface area contributed by atoms with Crippen molar-refractivity contribution in [1.82, 2.24) is 19.9 Å². The molecular weight excluding hydrogens is 404 g/mol. The molecule has 0 saturated heterocycles. The van der Waals surface area contributed by atoms with Crippen LogP contribution in [-0.2, 0) is 6.42 Å². The number of anilines is 4. The second-order valence-corrected chi connectivity index (χ2v) is 7.68. The summed E-state index contributed by atoms with van der Waals surface area (Å²) in [6.07, 6.45) is 2.78. The van der Waals surface area contributed by atoms with Crippen LogP contribution in [0.2, 0.25) is 0 Å². The van der Waals surface area contributed by atoms with E-state index in [0.29, 0.717) is 22.9 Å². The van der Waals surface area contributed by atoms with E-state index in [9.17, 15) is 4.79 Å². The van der Waals surface area contributed by atoms with Crippen molar-refractivity contribution in [3.05, 3.63) is 70.3 Å². The van der Waals surface area contributed by atoms with Crippen LogP contribution >= 0.6 is 0 Å². The number of fused-ring (bicyclic) bond motifs is 1. The number of aryl methyl sites for hydroxylation is 1. The molecule has 2 aromatic carbocycles. The van der Waals surface area contributed by atoms with Gasteiger partial charge in [0.1, 0.15) is 5.82 Å². The predicted octanol–water partition coefficient (Wildman–Crippen LogP) is 4.59. The highest BCUT2D eigenvalue weighted by Gasteiger charge is 2.08. The van der Waals surface area contributed by atoms with Crippen molar-refractivity contribution in [2.45, 2.75) is 27.2 Å². The Kier molecular flexibility index (Phi) is 6.51. The third-order valence-corrected chi connectivity index (χ3v) is 5.45. The second-order valence-electron chi connectivity index (χ2n) is 7.68. The van der Waals surface area contributed by atoms with E-state index in [1.165, 1.54) is 5.56 Å². The zero-order chi connectivity index (χ0) is 22.5. The Morgan fingerprint density at radius 1 is 1.06 bits per heavy atom. The van der Waals surface area contributed by atoms with Crippen LogP contribution in [0, 0.1) is 6.92 Å². The van der Waals surface area contributed by atoms with E-state index in [1.807, 2.05) is 31.2 Å². The van der Waals surface area contributed by atoms with E-state index in [4.69, 9.17) is 4.42 Å². The molecule has 4 rings (SSSR count). The second kappa shape index (κ2) is 9.65. The summed E-state index contributed by atoms with van der Waals surface area (Å²) in [6, 6.07) is 13.8. The van der Waals surface area contributed by atoms with Gasteiger partial charge in [-0.25, -0.2) is 9.78 Å². The summed E-state index contributed by atoms with van der Waals surface area (Å²) in [5.74, 6) is 0.725. The molecule has 0 amide bonds. The zero-order valence-electron chi connectivity index (χ0n) is 18.6. The molecule has 166 valence electrons. The number of nitrogens with zero attached hydrogens (tertiary/aromatic N) is 3. The maximum absolute atomic E-state index is 11.4. The minimum absolute atomic E-state index is 0.471. The highest BCUT2D eigenvalue weighted by atomic mass is 16.4. The van der Waals surface area contributed by atoms with Crippen LogP contribution in [0.5, 0.6) is 0 Å². The van der Waals surface area contributed by atoms with Gasteiger partial charge in [0.2, 0.25) is 5.95 Å². The number of hydrogen-bond donors (Lipinski definition) is 3. The molecular formula is C24H28N6O2. The van der Waals surface area contributed by atoms with E-state index in [2.05, 4.69) is 56.5 Å². The van der Waals surface area contributed by atoms with Gasteiger partial charge in [0, 0.05) is 29.7 Å². The zero-order valence-corrected chi connectivity index (χ0v) is 18.6. The fourth-order valence-corrected chi connectivity index (χ4v) is 3.56. The molecule has 8 heteroatoms. The van der Waals surface area contributed by atoms with Crippen molar-refractivity contribution >= 4 is 34.2 Å². The van der Waals surface area contributed by atoms with Crippen LogP contribution in [0.1, 0.15) is 25.0 Å². The number of benzene rings is 2. The number of oxazole rings is 1. The molecule has 32 heavy (non-hydrogen) atoms. The van der Waals surface area contributed by atoms with Crippen LogP contribution in [-0.4, -0.2) is 39.5 Å². The average molecular weight is 433 g/mol. The summed E-state index contributed by atoms with van der Waals surface area (Å²) in [7, 11) is 0. The Morgan fingerprint density at radius 3 is 2.69 bits per heavy atom. The number of H-pyrrole nitrogens is 1. The molecule has 8 nitrogen and oxygen atoms in total. The van der Waals surface area contributed by atoms with Gasteiger partial charge in [0.15, 0.2) is 5.58 Å². The number of likely N-dealkylation sites (N-methyl/N-ethyl adjacent to an activating group) is 1. The van der Waals surface area contributed by atoms with E-state index in [-0.39, 0.29) is 0 Å². The average Bonchev–Trinajstić information content (AvgIpc) is 3.16. The quantitative estimate of drug-likeness (QED) is 0.356. The van der Waals surface area contributed by atoms with Gasteiger partial charge in [-0.15, -0.1) is 0 Å². The van der Waals surface area contributed by atoms with Gasteiger partial charge in [0.05, 0.1) is 5.52 Å². The van der Waals surface area contributed by atoms with E-state index in [0.717, 1.165) is 43.0 Å². The van der Waals surface area contributed by atoms with Gasteiger partial charge in [0.25, 0.3) is 0 Å². The first-order valence-corrected chi connectivity index (χ1v) is 10.9. The predicted molar refractivity (Wildman–Crippen MR) is 128 cm³/mol. The lowest BCUT2D eigenvalue weighted by atomic mass is 10.1. The van der Waals surface area contributed by atoms with Crippen LogP contribution in [0.3, 0.4) is 0 Å². The number of aromatic nitrogens is 3. The van der Waals surface area contributed by atoms with E-state index >= 15 is 0 Å². The third kappa shape index (κ3) is 5.15.